The van der Waals surface area contributed by atoms with E-state index in [0.717, 1.165) is 0 Å². The van der Waals surface area contributed by atoms with Gasteiger partial charge in [0.25, 0.3) is 0 Å². The van der Waals surface area contributed by atoms with E-state index in [1.54, 1.807) is 0 Å². The molecule has 48 valence electrons. The summed E-state index contributed by atoms with van der Waals surface area (Å²) in [7, 11) is 0. The van der Waals surface area contributed by atoms with Crippen molar-refractivity contribution in [3.05, 3.63) is 11.8 Å². The second-order valence-corrected chi connectivity index (χ2v) is 1.71. The van der Waals surface area contributed by atoms with E-state index in [2.05, 4.69) is 4.99 Å². The van der Waals surface area contributed by atoms with Crippen LogP contribution in [0.25, 0.3) is 0 Å². The lowest BCUT2D eigenvalue weighted by Crippen LogP contribution is -2.15. The van der Waals surface area contributed by atoms with Crippen LogP contribution >= 0.6 is 0 Å². The molecule has 0 aromatic heterocycles. The standard InChI is InChI=1S/C5H6N2O2/c6-3-1-4(5(8)9)7-2-3/h1-3H,6H2,(H,8,9). The minimum Gasteiger partial charge on any atom is -0.477 e. The molecule has 0 saturated carbocycles. The SMILES string of the molecule is NC1C=NC(C(=O)O)=C1. The minimum absolute atomic E-state index is 0.0301. The molecule has 4 nitrogen and oxygen atoms in total. The maximum Gasteiger partial charge on any atom is 0.354 e. The minimum atomic E-state index is -1.03. The largest absolute Gasteiger partial charge is 0.477 e. The van der Waals surface area contributed by atoms with E-state index in [1.807, 2.05) is 0 Å². The van der Waals surface area contributed by atoms with Crippen molar-refractivity contribution in [3.8, 4) is 0 Å². The van der Waals surface area contributed by atoms with E-state index in [0.29, 0.717) is 0 Å². The smallest absolute Gasteiger partial charge is 0.354 e. The molecule has 0 aliphatic carbocycles. The highest BCUT2D eigenvalue weighted by Crippen LogP contribution is 2.03. The summed E-state index contributed by atoms with van der Waals surface area (Å²) in [5.74, 6) is -1.03. The van der Waals surface area contributed by atoms with Crippen LogP contribution in [0.5, 0.6) is 0 Å². The number of nitrogens with two attached hydrogens (primary N) is 1. The number of hydrogen-bond donors (Lipinski definition) is 2. The van der Waals surface area contributed by atoms with Crippen molar-refractivity contribution in [1.29, 1.82) is 0 Å². The van der Waals surface area contributed by atoms with Gasteiger partial charge in [-0.05, 0) is 6.08 Å². The van der Waals surface area contributed by atoms with Crippen molar-refractivity contribution in [2.75, 3.05) is 0 Å². The Morgan fingerprint density at radius 1 is 1.89 bits per heavy atom. The van der Waals surface area contributed by atoms with E-state index < -0.39 is 5.97 Å². The topological polar surface area (TPSA) is 75.7 Å². The van der Waals surface area contributed by atoms with Crippen LogP contribution in [0.2, 0.25) is 0 Å². The van der Waals surface area contributed by atoms with Gasteiger partial charge in [-0.25, -0.2) is 4.79 Å². The number of aliphatic carboxylic acids is 1. The zero-order valence-corrected chi connectivity index (χ0v) is 4.61. The lowest BCUT2D eigenvalue weighted by molar-refractivity contribution is -0.132. The number of aliphatic imine (C=N–C) groups is 1. The Hall–Kier alpha value is -1.16. The Balaban J connectivity index is 2.75. The van der Waals surface area contributed by atoms with E-state index >= 15 is 0 Å². The predicted octanol–water partition coefficient (Wildman–Crippen LogP) is -0.633. The Morgan fingerprint density at radius 3 is 2.78 bits per heavy atom. The van der Waals surface area contributed by atoms with Gasteiger partial charge in [-0.15, -0.1) is 0 Å². The summed E-state index contributed by atoms with van der Waals surface area (Å²) in [5, 5.41) is 8.29. The first-order valence-corrected chi connectivity index (χ1v) is 2.45. The highest BCUT2D eigenvalue weighted by molar-refractivity contribution is 5.92. The Morgan fingerprint density at radius 2 is 2.56 bits per heavy atom. The molecule has 1 rings (SSSR count). The van der Waals surface area contributed by atoms with Crippen molar-refractivity contribution in [2.24, 2.45) is 10.7 Å². The molecule has 1 atom stereocenters. The summed E-state index contributed by atoms with van der Waals surface area (Å²) in [6, 6.07) is -0.323. The van der Waals surface area contributed by atoms with Gasteiger partial charge in [0, 0.05) is 6.21 Å². The average Bonchev–Trinajstić information content (AvgIpc) is 2.14. The highest BCUT2D eigenvalue weighted by Gasteiger charge is 2.11. The third-order valence-electron chi connectivity index (χ3n) is 0.955. The van der Waals surface area contributed by atoms with Gasteiger partial charge >= 0.3 is 5.97 Å². The number of carbonyl (C=O) groups is 1. The van der Waals surface area contributed by atoms with Crippen molar-refractivity contribution < 1.29 is 9.90 Å². The second-order valence-electron chi connectivity index (χ2n) is 1.71. The third-order valence-corrected chi connectivity index (χ3v) is 0.955. The molecule has 1 unspecified atom stereocenters. The summed E-state index contributed by atoms with van der Waals surface area (Å²) in [6.07, 6.45) is 2.78. The molecule has 4 heteroatoms. The molecule has 0 aromatic rings. The Bertz CT molecular complexity index is 195. The van der Waals surface area contributed by atoms with Crippen molar-refractivity contribution >= 4 is 12.2 Å². The lowest BCUT2D eigenvalue weighted by atomic mass is 10.3. The van der Waals surface area contributed by atoms with Gasteiger partial charge in [0.2, 0.25) is 0 Å². The van der Waals surface area contributed by atoms with Crippen LogP contribution in [0.1, 0.15) is 0 Å². The van der Waals surface area contributed by atoms with E-state index in [9.17, 15) is 4.79 Å². The van der Waals surface area contributed by atoms with Crippen LogP contribution in [0.4, 0.5) is 0 Å². The molecule has 9 heavy (non-hydrogen) atoms. The first-order valence-electron chi connectivity index (χ1n) is 2.45. The van der Waals surface area contributed by atoms with Gasteiger partial charge in [-0.2, -0.15) is 0 Å². The Labute approximate surface area is 51.7 Å². The molecule has 1 heterocycles. The van der Waals surface area contributed by atoms with Gasteiger partial charge in [0.05, 0.1) is 6.04 Å². The predicted molar refractivity (Wildman–Crippen MR) is 32.2 cm³/mol. The van der Waals surface area contributed by atoms with Gasteiger partial charge in [0.15, 0.2) is 0 Å². The molecule has 3 N–H and O–H groups in total. The summed E-state index contributed by atoms with van der Waals surface area (Å²) < 4.78 is 0. The molecule has 1 aliphatic heterocycles. The normalized spacial score (nSPS) is 24.1. The fraction of sp³-hybridized carbons (Fsp3) is 0.200. The number of rotatable bonds is 1. The maximum atomic E-state index is 10.1. The summed E-state index contributed by atoms with van der Waals surface area (Å²) in [5.41, 5.74) is 5.30. The summed E-state index contributed by atoms with van der Waals surface area (Å²) in [4.78, 5) is 13.6. The fourth-order valence-corrected chi connectivity index (χ4v) is 0.561. The molecule has 0 spiro atoms. The van der Waals surface area contributed by atoms with Crippen molar-refractivity contribution in [1.82, 2.24) is 0 Å². The van der Waals surface area contributed by atoms with Gasteiger partial charge in [-0.1, -0.05) is 0 Å². The van der Waals surface area contributed by atoms with E-state index in [1.165, 1.54) is 12.3 Å². The fourth-order valence-electron chi connectivity index (χ4n) is 0.561. The zero-order valence-electron chi connectivity index (χ0n) is 4.61. The highest BCUT2D eigenvalue weighted by atomic mass is 16.4. The molecule has 0 amide bonds. The molecule has 1 aliphatic rings. The second kappa shape index (κ2) is 1.99. The Kier molecular flexibility index (Phi) is 1.32. The molecule has 0 radical (unpaired) electrons. The molecule has 0 fully saturated rings. The molecule has 0 saturated heterocycles. The number of carboxylic acid groups (broad SMARTS) is 1. The van der Waals surface area contributed by atoms with E-state index in [4.69, 9.17) is 10.8 Å². The number of carboxylic acids is 1. The van der Waals surface area contributed by atoms with Crippen LogP contribution in [-0.2, 0) is 4.79 Å². The molecular formula is C5H6N2O2. The van der Waals surface area contributed by atoms with Crippen LogP contribution in [-0.4, -0.2) is 23.3 Å². The monoisotopic (exact) mass is 126 g/mol. The quantitative estimate of drug-likeness (QED) is 0.491. The van der Waals surface area contributed by atoms with Crippen LogP contribution in [0, 0.1) is 0 Å². The summed E-state index contributed by atoms with van der Waals surface area (Å²) >= 11 is 0. The molecule has 0 aromatic carbocycles. The number of nitrogens with zero attached hydrogens (tertiary/aromatic N) is 1. The summed E-state index contributed by atoms with van der Waals surface area (Å²) in [6.45, 7) is 0. The van der Waals surface area contributed by atoms with Gasteiger partial charge in [-0.3, -0.25) is 4.99 Å². The molecular weight excluding hydrogens is 120 g/mol. The van der Waals surface area contributed by atoms with Gasteiger partial charge in [0.1, 0.15) is 5.70 Å². The van der Waals surface area contributed by atoms with Crippen LogP contribution in [0.15, 0.2) is 16.8 Å². The number of hydrogen-bond acceptors (Lipinski definition) is 3. The van der Waals surface area contributed by atoms with Gasteiger partial charge < -0.3 is 10.8 Å². The lowest BCUT2D eigenvalue weighted by Gasteiger charge is -1.86. The van der Waals surface area contributed by atoms with Crippen LogP contribution in [0.3, 0.4) is 0 Å². The molecule has 0 bridgehead atoms. The third kappa shape index (κ3) is 1.14. The van der Waals surface area contributed by atoms with Crippen molar-refractivity contribution in [3.63, 3.8) is 0 Å². The van der Waals surface area contributed by atoms with Crippen molar-refractivity contribution in [2.45, 2.75) is 6.04 Å². The van der Waals surface area contributed by atoms with E-state index in [-0.39, 0.29) is 11.7 Å². The first kappa shape index (κ1) is 5.97. The van der Waals surface area contributed by atoms with Crippen LogP contribution < -0.4 is 5.73 Å². The maximum absolute atomic E-state index is 10.1. The first-order chi connectivity index (χ1) is 4.20. The average molecular weight is 126 g/mol. The zero-order chi connectivity index (χ0) is 6.85.